The monoisotopic (exact) mass is 232 g/mol. The van der Waals surface area contributed by atoms with Crippen molar-refractivity contribution < 1.29 is 0 Å². The van der Waals surface area contributed by atoms with E-state index in [4.69, 9.17) is 0 Å². The second kappa shape index (κ2) is 4.61. The van der Waals surface area contributed by atoms with Gasteiger partial charge in [0.1, 0.15) is 12.1 Å². The van der Waals surface area contributed by atoms with Gasteiger partial charge in [0.15, 0.2) is 0 Å². The number of anilines is 1. The third kappa shape index (κ3) is 2.57. The molecule has 2 fully saturated rings. The summed E-state index contributed by atoms with van der Waals surface area (Å²) in [6.45, 7) is 5.38. The fraction of sp³-hybridized carbons (Fsp3) is 0.692. The van der Waals surface area contributed by atoms with Crippen molar-refractivity contribution >= 4 is 5.82 Å². The molecule has 17 heavy (non-hydrogen) atoms. The zero-order chi connectivity index (χ0) is 11.7. The fourth-order valence-corrected chi connectivity index (χ4v) is 2.45. The molecule has 1 aliphatic carbocycles. The lowest BCUT2D eigenvalue weighted by Crippen LogP contribution is -2.50. The van der Waals surface area contributed by atoms with E-state index in [1.807, 2.05) is 0 Å². The SMILES string of the molecule is C[C@H]1CNCCN1c1cc(CC2CC2)ncn1. The molecule has 2 aliphatic rings. The summed E-state index contributed by atoms with van der Waals surface area (Å²) in [6.07, 6.45) is 5.62. The van der Waals surface area contributed by atoms with Gasteiger partial charge >= 0.3 is 0 Å². The van der Waals surface area contributed by atoms with Crippen LogP contribution >= 0.6 is 0 Å². The zero-order valence-electron chi connectivity index (χ0n) is 10.4. The Labute approximate surface area is 102 Å². The predicted molar refractivity (Wildman–Crippen MR) is 68.1 cm³/mol. The lowest BCUT2D eigenvalue weighted by Gasteiger charge is -2.34. The Hall–Kier alpha value is -1.16. The molecule has 1 N–H and O–H groups in total. The number of nitrogens with zero attached hydrogens (tertiary/aromatic N) is 3. The van der Waals surface area contributed by atoms with Gasteiger partial charge in [0, 0.05) is 37.4 Å². The van der Waals surface area contributed by atoms with Gasteiger partial charge in [-0.3, -0.25) is 0 Å². The third-order valence-corrected chi connectivity index (χ3v) is 3.70. The van der Waals surface area contributed by atoms with Crippen LogP contribution in [0.3, 0.4) is 0 Å². The van der Waals surface area contributed by atoms with Gasteiger partial charge in [-0.15, -0.1) is 0 Å². The molecule has 0 spiro atoms. The normalized spacial score (nSPS) is 25.0. The molecule has 0 radical (unpaired) electrons. The fourth-order valence-electron chi connectivity index (χ4n) is 2.45. The minimum atomic E-state index is 0.521. The number of hydrogen-bond acceptors (Lipinski definition) is 4. The molecule has 1 aromatic heterocycles. The van der Waals surface area contributed by atoms with E-state index >= 15 is 0 Å². The maximum Gasteiger partial charge on any atom is 0.132 e. The van der Waals surface area contributed by atoms with Crippen LogP contribution in [0.15, 0.2) is 12.4 Å². The molecule has 0 unspecified atom stereocenters. The Kier molecular flexibility index (Phi) is 2.97. The largest absolute Gasteiger partial charge is 0.351 e. The van der Waals surface area contributed by atoms with Crippen LogP contribution in [0.25, 0.3) is 0 Å². The summed E-state index contributed by atoms with van der Waals surface area (Å²) in [6, 6.07) is 2.70. The van der Waals surface area contributed by atoms with Crippen LogP contribution in [0.5, 0.6) is 0 Å². The molecular formula is C13H20N4. The van der Waals surface area contributed by atoms with E-state index in [0.29, 0.717) is 6.04 Å². The Balaban J connectivity index is 1.76. The van der Waals surface area contributed by atoms with Gasteiger partial charge in [0.2, 0.25) is 0 Å². The molecule has 1 saturated heterocycles. The first-order valence-corrected chi connectivity index (χ1v) is 6.61. The lowest BCUT2D eigenvalue weighted by atomic mass is 10.2. The first-order chi connectivity index (χ1) is 8.33. The van der Waals surface area contributed by atoms with Crippen molar-refractivity contribution in [2.24, 2.45) is 5.92 Å². The van der Waals surface area contributed by atoms with Crippen LogP contribution in [-0.4, -0.2) is 35.6 Å². The first kappa shape index (κ1) is 11.0. The Morgan fingerprint density at radius 1 is 1.41 bits per heavy atom. The molecule has 1 saturated carbocycles. The van der Waals surface area contributed by atoms with Gasteiger partial charge in [0.25, 0.3) is 0 Å². The molecular weight excluding hydrogens is 212 g/mol. The number of piperazine rings is 1. The summed E-state index contributed by atoms with van der Waals surface area (Å²) in [5.74, 6) is 1.99. The average Bonchev–Trinajstić information content (AvgIpc) is 3.14. The van der Waals surface area contributed by atoms with Crippen molar-refractivity contribution in [2.45, 2.75) is 32.2 Å². The van der Waals surface area contributed by atoms with Crippen molar-refractivity contribution in [3.63, 3.8) is 0 Å². The summed E-state index contributed by atoms with van der Waals surface area (Å²) in [4.78, 5) is 11.2. The molecule has 1 atom stereocenters. The van der Waals surface area contributed by atoms with E-state index in [2.05, 4.69) is 33.2 Å². The second-order valence-electron chi connectivity index (χ2n) is 5.26. The third-order valence-electron chi connectivity index (χ3n) is 3.70. The van der Waals surface area contributed by atoms with Crippen molar-refractivity contribution in [2.75, 3.05) is 24.5 Å². The highest BCUT2D eigenvalue weighted by molar-refractivity contribution is 5.41. The molecule has 4 heteroatoms. The maximum atomic E-state index is 4.43. The molecule has 1 aliphatic heterocycles. The molecule has 0 amide bonds. The highest BCUT2D eigenvalue weighted by Crippen LogP contribution is 2.32. The van der Waals surface area contributed by atoms with E-state index in [1.54, 1.807) is 6.33 Å². The Morgan fingerprint density at radius 3 is 3.06 bits per heavy atom. The highest BCUT2D eigenvalue weighted by Gasteiger charge is 2.23. The molecule has 3 rings (SSSR count). The number of rotatable bonds is 3. The van der Waals surface area contributed by atoms with Crippen LogP contribution in [0.2, 0.25) is 0 Å². The van der Waals surface area contributed by atoms with Crippen LogP contribution in [0, 0.1) is 5.92 Å². The standard InChI is InChI=1S/C13H20N4/c1-10-8-14-4-5-17(10)13-7-12(15-9-16-13)6-11-2-3-11/h7,9-11,14H,2-6,8H2,1H3/t10-/m0/s1. The van der Waals surface area contributed by atoms with E-state index in [1.165, 1.54) is 18.5 Å². The van der Waals surface area contributed by atoms with E-state index in [9.17, 15) is 0 Å². The summed E-state index contributed by atoms with van der Waals surface area (Å²) >= 11 is 0. The van der Waals surface area contributed by atoms with Crippen molar-refractivity contribution in [1.82, 2.24) is 15.3 Å². The molecule has 92 valence electrons. The minimum Gasteiger partial charge on any atom is -0.351 e. The Bertz CT molecular complexity index is 389. The minimum absolute atomic E-state index is 0.521. The van der Waals surface area contributed by atoms with Crippen LogP contribution in [0.1, 0.15) is 25.5 Å². The van der Waals surface area contributed by atoms with Crippen LogP contribution < -0.4 is 10.2 Å². The van der Waals surface area contributed by atoms with E-state index < -0.39 is 0 Å². The quantitative estimate of drug-likeness (QED) is 0.851. The van der Waals surface area contributed by atoms with Gasteiger partial charge in [-0.25, -0.2) is 9.97 Å². The Morgan fingerprint density at radius 2 is 2.29 bits per heavy atom. The summed E-state index contributed by atoms with van der Waals surface area (Å²) in [5.41, 5.74) is 1.21. The van der Waals surface area contributed by atoms with Crippen molar-refractivity contribution in [1.29, 1.82) is 0 Å². The summed E-state index contributed by atoms with van der Waals surface area (Å²) in [5, 5.41) is 3.41. The van der Waals surface area contributed by atoms with E-state index in [0.717, 1.165) is 37.8 Å². The lowest BCUT2D eigenvalue weighted by molar-refractivity contribution is 0.496. The molecule has 4 nitrogen and oxygen atoms in total. The molecule has 0 aromatic carbocycles. The number of hydrogen-bond donors (Lipinski definition) is 1. The van der Waals surface area contributed by atoms with Gasteiger partial charge in [-0.05, 0) is 32.1 Å². The topological polar surface area (TPSA) is 41.0 Å². The van der Waals surface area contributed by atoms with Gasteiger partial charge in [-0.2, -0.15) is 0 Å². The summed E-state index contributed by atoms with van der Waals surface area (Å²) in [7, 11) is 0. The average molecular weight is 232 g/mol. The number of aromatic nitrogens is 2. The van der Waals surface area contributed by atoms with Gasteiger partial charge in [0.05, 0.1) is 0 Å². The van der Waals surface area contributed by atoms with Crippen LogP contribution in [-0.2, 0) is 6.42 Å². The highest BCUT2D eigenvalue weighted by atomic mass is 15.3. The van der Waals surface area contributed by atoms with Crippen molar-refractivity contribution in [3.8, 4) is 0 Å². The molecule has 1 aromatic rings. The number of nitrogens with one attached hydrogen (secondary N) is 1. The van der Waals surface area contributed by atoms with E-state index in [-0.39, 0.29) is 0 Å². The van der Waals surface area contributed by atoms with Gasteiger partial charge < -0.3 is 10.2 Å². The molecule has 0 bridgehead atoms. The molecule has 2 heterocycles. The second-order valence-corrected chi connectivity index (χ2v) is 5.26. The first-order valence-electron chi connectivity index (χ1n) is 6.61. The maximum absolute atomic E-state index is 4.43. The predicted octanol–water partition coefficient (Wildman–Crippen LogP) is 1.23. The smallest absolute Gasteiger partial charge is 0.132 e. The van der Waals surface area contributed by atoms with Crippen molar-refractivity contribution in [3.05, 3.63) is 18.1 Å². The summed E-state index contributed by atoms with van der Waals surface area (Å²) < 4.78 is 0. The van der Waals surface area contributed by atoms with Crippen LogP contribution in [0.4, 0.5) is 5.82 Å². The van der Waals surface area contributed by atoms with Gasteiger partial charge in [-0.1, -0.05) is 0 Å². The zero-order valence-corrected chi connectivity index (χ0v) is 10.4.